The van der Waals surface area contributed by atoms with Gasteiger partial charge in [-0.3, -0.25) is 4.79 Å². The van der Waals surface area contributed by atoms with Gasteiger partial charge < -0.3 is 15.6 Å². The smallest absolute Gasteiger partial charge is 0.258 e. The summed E-state index contributed by atoms with van der Waals surface area (Å²) in [5, 5.41) is 0.553. The van der Waals surface area contributed by atoms with E-state index in [4.69, 9.17) is 5.73 Å². The van der Waals surface area contributed by atoms with Crippen molar-refractivity contribution in [3.63, 3.8) is 0 Å². The minimum Gasteiger partial charge on any atom is -0.397 e. The molecule has 0 aliphatic carbocycles. The molecule has 106 valence electrons. The molecule has 0 saturated carbocycles. The Labute approximate surface area is 117 Å². The summed E-state index contributed by atoms with van der Waals surface area (Å²) in [6.07, 6.45) is 5.07. The minimum absolute atomic E-state index is 0.141. The second-order valence-electron chi connectivity index (χ2n) is 5.68. The van der Waals surface area contributed by atoms with Crippen LogP contribution in [0.1, 0.15) is 26.2 Å². The van der Waals surface area contributed by atoms with Crippen molar-refractivity contribution >= 4 is 22.3 Å². The molecule has 1 aliphatic heterocycles. The summed E-state index contributed by atoms with van der Waals surface area (Å²) < 4.78 is 0. The number of benzene rings is 1. The van der Waals surface area contributed by atoms with Crippen LogP contribution in [0, 0.1) is 5.92 Å². The number of anilines is 2. The van der Waals surface area contributed by atoms with Crippen LogP contribution in [0.4, 0.5) is 11.4 Å². The number of nitrogens with two attached hydrogens (primary N) is 1. The van der Waals surface area contributed by atoms with Gasteiger partial charge in [-0.25, -0.2) is 4.98 Å². The maximum Gasteiger partial charge on any atom is 0.258 e. The Morgan fingerprint density at radius 1 is 1.35 bits per heavy atom. The second-order valence-corrected chi connectivity index (χ2v) is 5.68. The van der Waals surface area contributed by atoms with Gasteiger partial charge in [0.1, 0.15) is 0 Å². The lowest BCUT2D eigenvalue weighted by Gasteiger charge is -2.24. The van der Waals surface area contributed by atoms with Crippen LogP contribution in [0.5, 0.6) is 0 Å². The fraction of sp³-hybridized carbons (Fsp3) is 0.467. The predicted molar refractivity (Wildman–Crippen MR) is 82.0 cm³/mol. The summed E-state index contributed by atoms with van der Waals surface area (Å²) in [6.45, 7) is 4.33. The number of aromatic nitrogens is 2. The molecule has 3 N–H and O–H groups in total. The number of rotatable bonds is 1. The molecule has 3 rings (SSSR count). The number of nitrogens with one attached hydrogen (secondary N) is 1. The molecule has 0 spiro atoms. The maximum absolute atomic E-state index is 11.8. The highest BCUT2D eigenvalue weighted by Gasteiger charge is 2.17. The molecule has 1 fully saturated rings. The van der Waals surface area contributed by atoms with Crippen molar-refractivity contribution in [1.29, 1.82) is 0 Å². The molecule has 20 heavy (non-hydrogen) atoms. The zero-order valence-electron chi connectivity index (χ0n) is 11.7. The maximum atomic E-state index is 11.8. The van der Waals surface area contributed by atoms with E-state index < -0.39 is 0 Å². The molecule has 1 aromatic carbocycles. The first-order valence-corrected chi connectivity index (χ1v) is 7.17. The summed E-state index contributed by atoms with van der Waals surface area (Å²) >= 11 is 0. The number of nitrogens with zero attached hydrogens (tertiary/aromatic N) is 2. The standard InChI is InChI=1S/C15H20N4O/c1-10-3-2-5-19(6-4-10)14-8-13-11(7-12(14)16)15(20)18-9-17-13/h7-10H,2-6,16H2,1H3,(H,17,18,20). The van der Waals surface area contributed by atoms with Gasteiger partial charge in [-0.2, -0.15) is 0 Å². The summed E-state index contributed by atoms with van der Waals surface area (Å²) in [4.78, 5) is 20.9. The van der Waals surface area contributed by atoms with E-state index in [0.717, 1.165) is 24.7 Å². The fourth-order valence-corrected chi connectivity index (χ4v) is 2.90. The van der Waals surface area contributed by atoms with E-state index >= 15 is 0 Å². The molecule has 5 nitrogen and oxygen atoms in total. The lowest BCUT2D eigenvalue weighted by atomic mass is 10.0. The van der Waals surface area contributed by atoms with Crippen molar-refractivity contribution < 1.29 is 0 Å². The molecule has 2 heterocycles. The molecule has 1 saturated heterocycles. The first-order valence-electron chi connectivity index (χ1n) is 7.17. The monoisotopic (exact) mass is 272 g/mol. The quantitative estimate of drug-likeness (QED) is 0.780. The first kappa shape index (κ1) is 13.0. The minimum atomic E-state index is -0.141. The van der Waals surface area contributed by atoms with E-state index in [-0.39, 0.29) is 5.56 Å². The Kier molecular flexibility index (Phi) is 3.34. The molecule has 0 radical (unpaired) electrons. The van der Waals surface area contributed by atoms with Gasteiger partial charge in [0, 0.05) is 13.1 Å². The third-order valence-electron chi connectivity index (χ3n) is 4.15. The van der Waals surface area contributed by atoms with E-state index in [1.54, 1.807) is 6.07 Å². The average Bonchev–Trinajstić information content (AvgIpc) is 2.64. The number of H-pyrrole nitrogens is 1. The zero-order chi connectivity index (χ0) is 14.1. The third kappa shape index (κ3) is 2.35. The largest absolute Gasteiger partial charge is 0.397 e. The summed E-state index contributed by atoms with van der Waals surface area (Å²) in [7, 11) is 0. The summed E-state index contributed by atoms with van der Waals surface area (Å²) in [6, 6.07) is 3.68. The SMILES string of the molecule is CC1CCCN(c2cc3nc[nH]c(=O)c3cc2N)CC1. The van der Waals surface area contributed by atoms with Gasteiger partial charge in [-0.05, 0) is 37.3 Å². The number of hydrogen-bond acceptors (Lipinski definition) is 4. The van der Waals surface area contributed by atoms with Crippen LogP contribution in [0.3, 0.4) is 0 Å². The lowest BCUT2D eigenvalue weighted by Crippen LogP contribution is -2.25. The van der Waals surface area contributed by atoms with E-state index in [1.807, 2.05) is 6.07 Å². The van der Waals surface area contributed by atoms with Crippen LogP contribution in [0.25, 0.3) is 10.9 Å². The van der Waals surface area contributed by atoms with Gasteiger partial charge in [0.15, 0.2) is 0 Å². The molecule has 2 aromatic rings. The Morgan fingerprint density at radius 2 is 2.20 bits per heavy atom. The fourth-order valence-electron chi connectivity index (χ4n) is 2.90. The first-order chi connectivity index (χ1) is 9.65. The Hall–Kier alpha value is -2.04. The van der Waals surface area contributed by atoms with Gasteiger partial charge in [0.05, 0.1) is 28.6 Å². The third-order valence-corrected chi connectivity index (χ3v) is 4.15. The van der Waals surface area contributed by atoms with Crippen LogP contribution in [0.2, 0.25) is 0 Å². The number of fused-ring (bicyclic) bond motifs is 1. The molecular formula is C15H20N4O. The molecule has 1 aromatic heterocycles. The van der Waals surface area contributed by atoms with Crippen LogP contribution >= 0.6 is 0 Å². The molecule has 0 bridgehead atoms. The highest BCUT2D eigenvalue weighted by molar-refractivity contribution is 5.88. The van der Waals surface area contributed by atoms with Gasteiger partial charge >= 0.3 is 0 Å². The van der Waals surface area contributed by atoms with Crippen LogP contribution in [-0.4, -0.2) is 23.1 Å². The summed E-state index contributed by atoms with van der Waals surface area (Å²) in [5.74, 6) is 0.766. The van der Waals surface area contributed by atoms with Crippen molar-refractivity contribution in [3.05, 3.63) is 28.8 Å². The molecule has 1 atom stereocenters. The molecule has 0 amide bonds. The van der Waals surface area contributed by atoms with Crippen molar-refractivity contribution in [3.8, 4) is 0 Å². The molecule has 1 aliphatic rings. The van der Waals surface area contributed by atoms with Gasteiger partial charge in [0.2, 0.25) is 0 Å². The molecular weight excluding hydrogens is 252 g/mol. The van der Waals surface area contributed by atoms with Gasteiger partial charge in [0.25, 0.3) is 5.56 Å². The van der Waals surface area contributed by atoms with Gasteiger partial charge in [-0.1, -0.05) is 6.92 Å². The highest BCUT2D eigenvalue weighted by Crippen LogP contribution is 2.29. The number of aromatic amines is 1. The molecule has 1 unspecified atom stereocenters. The Bertz CT molecular complexity index is 679. The predicted octanol–water partition coefficient (Wildman–Crippen LogP) is 2.13. The van der Waals surface area contributed by atoms with E-state index in [1.165, 1.54) is 25.6 Å². The van der Waals surface area contributed by atoms with Crippen LogP contribution in [0.15, 0.2) is 23.3 Å². The van der Waals surface area contributed by atoms with Crippen molar-refractivity contribution in [2.75, 3.05) is 23.7 Å². The second kappa shape index (κ2) is 5.15. The van der Waals surface area contributed by atoms with E-state index in [9.17, 15) is 4.79 Å². The zero-order valence-corrected chi connectivity index (χ0v) is 11.7. The van der Waals surface area contributed by atoms with Crippen LogP contribution < -0.4 is 16.2 Å². The Morgan fingerprint density at radius 3 is 3.05 bits per heavy atom. The van der Waals surface area contributed by atoms with Crippen molar-refractivity contribution in [1.82, 2.24) is 9.97 Å². The van der Waals surface area contributed by atoms with Crippen molar-refractivity contribution in [2.24, 2.45) is 5.92 Å². The van der Waals surface area contributed by atoms with Crippen molar-refractivity contribution in [2.45, 2.75) is 26.2 Å². The highest BCUT2D eigenvalue weighted by atomic mass is 16.1. The topological polar surface area (TPSA) is 75.0 Å². The van der Waals surface area contributed by atoms with E-state index in [2.05, 4.69) is 21.8 Å². The van der Waals surface area contributed by atoms with E-state index in [0.29, 0.717) is 16.6 Å². The molecule has 5 heteroatoms. The summed E-state index contributed by atoms with van der Waals surface area (Å²) in [5.41, 5.74) is 8.38. The number of nitrogen functional groups attached to an aromatic ring is 1. The average molecular weight is 272 g/mol. The Balaban J connectivity index is 2.03. The normalized spacial score (nSPS) is 20.1. The number of hydrogen-bond donors (Lipinski definition) is 2. The van der Waals surface area contributed by atoms with Crippen LogP contribution in [-0.2, 0) is 0 Å². The van der Waals surface area contributed by atoms with Gasteiger partial charge in [-0.15, -0.1) is 0 Å². The lowest BCUT2D eigenvalue weighted by molar-refractivity contribution is 0.521.